The Bertz CT molecular complexity index is 1060. The van der Waals surface area contributed by atoms with Gasteiger partial charge in [0.15, 0.2) is 0 Å². The lowest BCUT2D eigenvalue weighted by molar-refractivity contribution is -0.137. The SMILES string of the molecule is O=C(O)CCCNC(=O)CNc1ccc2c(c1)CC(NS(=O)(=O)c1ccc(Cl)cc1)C2. The first-order chi connectivity index (χ1) is 14.7. The Labute approximate surface area is 186 Å². The minimum atomic E-state index is -3.64. The highest BCUT2D eigenvalue weighted by Gasteiger charge is 2.26. The number of hydrogen-bond donors (Lipinski definition) is 4. The van der Waals surface area contributed by atoms with Crippen molar-refractivity contribution in [2.45, 2.75) is 36.6 Å². The Kier molecular flexibility index (Phi) is 7.53. The number of nitrogens with one attached hydrogen (secondary N) is 3. The number of benzene rings is 2. The van der Waals surface area contributed by atoms with Crippen molar-refractivity contribution in [3.63, 3.8) is 0 Å². The predicted molar refractivity (Wildman–Crippen MR) is 118 cm³/mol. The maximum absolute atomic E-state index is 12.6. The Morgan fingerprint density at radius 3 is 2.48 bits per heavy atom. The molecule has 0 aromatic heterocycles. The van der Waals surface area contributed by atoms with Crippen LogP contribution in [-0.4, -0.2) is 44.5 Å². The number of carbonyl (C=O) groups is 2. The fraction of sp³-hybridized carbons (Fsp3) is 0.333. The van der Waals surface area contributed by atoms with Crippen LogP contribution in [0.25, 0.3) is 0 Å². The quantitative estimate of drug-likeness (QED) is 0.398. The van der Waals surface area contributed by atoms with Crippen molar-refractivity contribution in [2.75, 3.05) is 18.4 Å². The second-order valence-electron chi connectivity index (χ2n) is 7.36. The molecular weight excluding hydrogens is 442 g/mol. The maximum Gasteiger partial charge on any atom is 0.303 e. The summed E-state index contributed by atoms with van der Waals surface area (Å²) < 4.78 is 27.9. The van der Waals surface area contributed by atoms with Crippen LogP contribution in [0.1, 0.15) is 24.0 Å². The smallest absolute Gasteiger partial charge is 0.303 e. The van der Waals surface area contributed by atoms with Crippen LogP contribution >= 0.6 is 11.6 Å². The molecule has 2 aromatic carbocycles. The Hall–Kier alpha value is -2.62. The molecule has 2 aromatic rings. The summed E-state index contributed by atoms with van der Waals surface area (Å²) in [6, 6.07) is 11.5. The number of hydrogen-bond acceptors (Lipinski definition) is 5. The summed E-state index contributed by atoms with van der Waals surface area (Å²) in [5.74, 6) is -1.11. The third-order valence-electron chi connectivity index (χ3n) is 4.93. The third kappa shape index (κ3) is 6.68. The van der Waals surface area contributed by atoms with Gasteiger partial charge < -0.3 is 15.7 Å². The van der Waals surface area contributed by atoms with E-state index in [4.69, 9.17) is 16.7 Å². The maximum atomic E-state index is 12.6. The van der Waals surface area contributed by atoms with Gasteiger partial charge in [0.2, 0.25) is 15.9 Å². The van der Waals surface area contributed by atoms with Crippen molar-refractivity contribution in [1.29, 1.82) is 0 Å². The number of halogens is 1. The molecule has 1 atom stereocenters. The number of sulfonamides is 1. The van der Waals surface area contributed by atoms with E-state index in [-0.39, 0.29) is 29.8 Å². The van der Waals surface area contributed by atoms with E-state index in [2.05, 4.69) is 15.4 Å². The fourth-order valence-electron chi connectivity index (χ4n) is 3.42. The molecule has 0 aliphatic heterocycles. The molecule has 4 N–H and O–H groups in total. The van der Waals surface area contributed by atoms with Crippen molar-refractivity contribution >= 4 is 39.2 Å². The van der Waals surface area contributed by atoms with Gasteiger partial charge in [-0.15, -0.1) is 0 Å². The van der Waals surface area contributed by atoms with Gasteiger partial charge >= 0.3 is 5.97 Å². The van der Waals surface area contributed by atoms with Gasteiger partial charge in [0.05, 0.1) is 11.4 Å². The summed E-state index contributed by atoms with van der Waals surface area (Å²) in [7, 11) is -3.64. The monoisotopic (exact) mass is 465 g/mol. The van der Waals surface area contributed by atoms with Gasteiger partial charge in [-0.3, -0.25) is 9.59 Å². The van der Waals surface area contributed by atoms with E-state index in [1.165, 1.54) is 12.1 Å². The molecule has 1 aliphatic carbocycles. The highest BCUT2D eigenvalue weighted by molar-refractivity contribution is 7.89. The van der Waals surface area contributed by atoms with E-state index in [9.17, 15) is 18.0 Å². The minimum Gasteiger partial charge on any atom is -0.481 e. The summed E-state index contributed by atoms with van der Waals surface area (Å²) in [5, 5.41) is 14.8. The van der Waals surface area contributed by atoms with E-state index in [1.807, 2.05) is 18.2 Å². The van der Waals surface area contributed by atoms with Crippen LogP contribution in [0.5, 0.6) is 0 Å². The average Bonchev–Trinajstić information content (AvgIpc) is 3.10. The number of fused-ring (bicyclic) bond motifs is 1. The van der Waals surface area contributed by atoms with Crippen molar-refractivity contribution in [3.8, 4) is 0 Å². The molecule has 1 amide bonds. The number of carboxylic acid groups (broad SMARTS) is 1. The van der Waals surface area contributed by atoms with Gasteiger partial charge in [-0.2, -0.15) is 0 Å². The average molecular weight is 466 g/mol. The second kappa shape index (κ2) is 10.1. The van der Waals surface area contributed by atoms with Crippen LogP contribution in [0.3, 0.4) is 0 Å². The lowest BCUT2D eigenvalue weighted by Gasteiger charge is -2.12. The highest BCUT2D eigenvalue weighted by atomic mass is 35.5. The Morgan fingerprint density at radius 1 is 1.06 bits per heavy atom. The molecule has 0 radical (unpaired) electrons. The van der Waals surface area contributed by atoms with Gasteiger partial charge in [0.25, 0.3) is 0 Å². The zero-order chi connectivity index (χ0) is 22.4. The van der Waals surface area contributed by atoms with E-state index in [0.29, 0.717) is 30.8 Å². The van der Waals surface area contributed by atoms with Crippen LogP contribution in [-0.2, 0) is 32.5 Å². The largest absolute Gasteiger partial charge is 0.481 e. The molecule has 8 nitrogen and oxygen atoms in total. The number of amides is 1. The first-order valence-electron chi connectivity index (χ1n) is 9.85. The number of rotatable bonds is 10. The Balaban J connectivity index is 1.51. The molecule has 10 heteroatoms. The second-order valence-corrected chi connectivity index (χ2v) is 9.52. The van der Waals surface area contributed by atoms with Gasteiger partial charge in [-0.05, 0) is 66.8 Å². The van der Waals surface area contributed by atoms with Crippen molar-refractivity contribution in [3.05, 3.63) is 58.6 Å². The molecule has 0 bridgehead atoms. The van der Waals surface area contributed by atoms with Crippen molar-refractivity contribution < 1.29 is 23.1 Å². The van der Waals surface area contributed by atoms with E-state index >= 15 is 0 Å². The molecule has 0 saturated heterocycles. The zero-order valence-corrected chi connectivity index (χ0v) is 18.3. The zero-order valence-electron chi connectivity index (χ0n) is 16.7. The molecule has 1 unspecified atom stereocenters. The normalized spacial score (nSPS) is 15.3. The number of anilines is 1. The van der Waals surface area contributed by atoms with Crippen LogP contribution in [0.4, 0.5) is 5.69 Å². The van der Waals surface area contributed by atoms with E-state index in [1.54, 1.807) is 12.1 Å². The lowest BCUT2D eigenvalue weighted by Crippen LogP contribution is -2.35. The van der Waals surface area contributed by atoms with Crippen molar-refractivity contribution in [2.24, 2.45) is 0 Å². The highest BCUT2D eigenvalue weighted by Crippen LogP contribution is 2.26. The number of carboxylic acids is 1. The lowest BCUT2D eigenvalue weighted by atomic mass is 10.1. The van der Waals surface area contributed by atoms with Gasteiger partial charge in [-0.1, -0.05) is 17.7 Å². The molecule has 0 heterocycles. The topological polar surface area (TPSA) is 125 Å². The molecule has 0 saturated carbocycles. The summed E-state index contributed by atoms with van der Waals surface area (Å²) in [6.45, 7) is 0.380. The molecule has 1 aliphatic rings. The summed E-state index contributed by atoms with van der Waals surface area (Å²) in [4.78, 5) is 22.5. The van der Waals surface area contributed by atoms with E-state index in [0.717, 1.165) is 16.8 Å². The molecule has 3 rings (SSSR count). The van der Waals surface area contributed by atoms with Gasteiger partial charge in [-0.25, -0.2) is 13.1 Å². The summed E-state index contributed by atoms with van der Waals surface area (Å²) in [5.41, 5.74) is 2.85. The Morgan fingerprint density at radius 2 is 1.77 bits per heavy atom. The van der Waals surface area contributed by atoms with Crippen molar-refractivity contribution in [1.82, 2.24) is 10.0 Å². The first kappa shape index (κ1) is 23.1. The van der Waals surface area contributed by atoms with Crippen LogP contribution in [0, 0.1) is 0 Å². The first-order valence-corrected chi connectivity index (χ1v) is 11.7. The third-order valence-corrected chi connectivity index (χ3v) is 6.72. The van der Waals surface area contributed by atoms with Crippen LogP contribution in [0.15, 0.2) is 47.4 Å². The minimum absolute atomic E-state index is 0.0153. The number of carbonyl (C=O) groups excluding carboxylic acids is 1. The molecule has 166 valence electrons. The standard InChI is InChI=1S/C21H24ClN3O5S/c22-16-4-7-19(8-5-16)31(29,30)25-18-10-14-3-6-17(11-15(14)12-18)24-13-20(26)23-9-1-2-21(27)28/h3-8,11,18,24-25H,1-2,9-10,12-13H2,(H,23,26)(H,27,28). The van der Waals surface area contributed by atoms with Crippen LogP contribution in [0.2, 0.25) is 5.02 Å². The van der Waals surface area contributed by atoms with Gasteiger partial charge in [0, 0.05) is 29.7 Å². The van der Waals surface area contributed by atoms with Gasteiger partial charge in [0.1, 0.15) is 0 Å². The predicted octanol–water partition coefficient (Wildman–Crippen LogP) is 2.18. The van der Waals surface area contributed by atoms with Crippen LogP contribution < -0.4 is 15.4 Å². The summed E-state index contributed by atoms with van der Waals surface area (Å²) >= 11 is 5.83. The number of aliphatic carboxylic acids is 1. The molecule has 0 spiro atoms. The fourth-order valence-corrected chi connectivity index (χ4v) is 4.79. The van der Waals surface area contributed by atoms with E-state index < -0.39 is 16.0 Å². The molecular formula is C21H24ClN3O5S. The molecule has 31 heavy (non-hydrogen) atoms. The molecule has 0 fully saturated rings. The summed E-state index contributed by atoms with van der Waals surface area (Å²) in [6.07, 6.45) is 1.54.